The van der Waals surface area contributed by atoms with Crippen LogP contribution in [-0.2, 0) is 9.47 Å². The summed E-state index contributed by atoms with van der Waals surface area (Å²) in [6.07, 6.45) is 0.755. The zero-order valence-electron chi connectivity index (χ0n) is 18.1. The predicted octanol–water partition coefficient (Wildman–Crippen LogP) is 3.88. The van der Waals surface area contributed by atoms with Gasteiger partial charge in [0.15, 0.2) is 0 Å². The van der Waals surface area contributed by atoms with Crippen molar-refractivity contribution in [2.45, 2.75) is 52.7 Å². The van der Waals surface area contributed by atoms with Crippen LogP contribution in [0.15, 0.2) is 24.5 Å². The Hall–Kier alpha value is -2.77. The van der Waals surface area contributed by atoms with Gasteiger partial charge in [0.25, 0.3) is 0 Å². The maximum Gasteiger partial charge on any atom is 0.420 e. The lowest BCUT2D eigenvalue weighted by atomic mass is 10.2. The Morgan fingerprint density at radius 3 is 2.07 bits per heavy atom. The summed E-state index contributed by atoms with van der Waals surface area (Å²) in [5, 5.41) is 0. The number of piperazine rings is 1. The number of hydrogen-bond acceptors (Lipinski definition) is 6. The second-order valence-corrected chi connectivity index (χ2v) is 9.22. The van der Waals surface area contributed by atoms with Crippen molar-refractivity contribution in [3.8, 4) is 0 Å². The molecule has 8 heteroatoms. The average Bonchev–Trinajstić information content (AvgIpc) is 3.02. The fraction of sp³-hybridized carbons (Fsp3) is 0.571. The summed E-state index contributed by atoms with van der Waals surface area (Å²) in [5.41, 5.74) is 1.33. The topological polar surface area (TPSA) is 76.9 Å². The van der Waals surface area contributed by atoms with Gasteiger partial charge < -0.3 is 19.3 Å². The van der Waals surface area contributed by atoms with Crippen molar-refractivity contribution < 1.29 is 19.1 Å². The van der Waals surface area contributed by atoms with Gasteiger partial charge in [0.2, 0.25) is 0 Å². The molecule has 1 aliphatic heterocycles. The number of carbonyl (C=O) groups is 2. The number of anilines is 1. The van der Waals surface area contributed by atoms with Gasteiger partial charge in [-0.05, 0) is 59.7 Å². The molecule has 0 N–H and O–H groups in total. The summed E-state index contributed by atoms with van der Waals surface area (Å²) in [5.74, 6) is 0. The first-order valence-electron chi connectivity index (χ1n) is 9.86. The maximum atomic E-state index is 12.5. The van der Waals surface area contributed by atoms with Gasteiger partial charge in [-0.3, -0.25) is 0 Å². The SMILES string of the molecule is CC(C)(C)OC(=O)N1CCN(c2ccc3ncn(C(=O)OC(C)(C)C)c3c2)CC1. The molecule has 1 aromatic heterocycles. The van der Waals surface area contributed by atoms with E-state index in [1.54, 1.807) is 4.90 Å². The molecule has 1 amide bonds. The van der Waals surface area contributed by atoms with E-state index in [1.807, 2.05) is 59.7 Å². The summed E-state index contributed by atoms with van der Waals surface area (Å²) in [6.45, 7) is 13.6. The average molecular weight is 402 g/mol. The van der Waals surface area contributed by atoms with Gasteiger partial charge in [0, 0.05) is 31.9 Å². The smallest absolute Gasteiger partial charge is 0.420 e. The minimum atomic E-state index is -0.580. The fourth-order valence-corrected chi connectivity index (χ4v) is 3.12. The standard InChI is InChI=1S/C21H30N4O4/c1-20(2,3)28-18(26)24-11-9-23(10-12-24)15-7-8-16-17(13-15)25(14-22-16)19(27)29-21(4,5)6/h7-8,13-14H,9-12H2,1-6H3. The molecule has 0 bridgehead atoms. The van der Waals surface area contributed by atoms with Crippen molar-refractivity contribution in [1.82, 2.24) is 14.5 Å². The summed E-state index contributed by atoms with van der Waals surface area (Å²) < 4.78 is 12.4. The highest BCUT2D eigenvalue weighted by Crippen LogP contribution is 2.24. The van der Waals surface area contributed by atoms with E-state index < -0.39 is 17.3 Å². The van der Waals surface area contributed by atoms with Crippen LogP contribution in [0.2, 0.25) is 0 Å². The van der Waals surface area contributed by atoms with E-state index in [4.69, 9.17) is 9.47 Å². The van der Waals surface area contributed by atoms with Crippen molar-refractivity contribution in [1.29, 1.82) is 0 Å². The number of nitrogens with zero attached hydrogens (tertiary/aromatic N) is 4. The molecule has 0 aliphatic carbocycles. The summed E-state index contributed by atoms with van der Waals surface area (Å²) in [4.78, 5) is 33.0. The van der Waals surface area contributed by atoms with Crippen molar-refractivity contribution in [2.24, 2.45) is 0 Å². The molecule has 29 heavy (non-hydrogen) atoms. The van der Waals surface area contributed by atoms with E-state index in [9.17, 15) is 9.59 Å². The second kappa shape index (κ2) is 7.57. The van der Waals surface area contributed by atoms with Gasteiger partial charge in [-0.15, -0.1) is 0 Å². The summed E-state index contributed by atoms with van der Waals surface area (Å²) >= 11 is 0. The molecule has 2 heterocycles. The normalized spacial score (nSPS) is 15.5. The Labute approximate surface area is 171 Å². The van der Waals surface area contributed by atoms with Crippen LogP contribution in [0.4, 0.5) is 15.3 Å². The summed E-state index contributed by atoms with van der Waals surface area (Å²) in [6, 6.07) is 5.82. The third kappa shape index (κ3) is 5.19. The van der Waals surface area contributed by atoms with Crippen molar-refractivity contribution in [3.63, 3.8) is 0 Å². The van der Waals surface area contributed by atoms with E-state index in [1.165, 1.54) is 10.9 Å². The number of rotatable bonds is 1. The van der Waals surface area contributed by atoms with E-state index in [0.717, 1.165) is 11.2 Å². The molecule has 1 fully saturated rings. The molecule has 1 saturated heterocycles. The van der Waals surface area contributed by atoms with Crippen molar-refractivity contribution in [3.05, 3.63) is 24.5 Å². The zero-order valence-corrected chi connectivity index (χ0v) is 18.1. The van der Waals surface area contributed by atoms with Crippen LogP contribution in [0.3, 0.4) is 0 Å². The monoisotopic (exact) mass is 402 g/mol. The fourth-order valence-electron chi connectivity index (χ4n) is 3.12. The molecule has 158 valence electrons. The number of aromatic nitrogens is 2. The first kappa shape index (κ1) is 21.0. The number of benzene rings is 1. The van der Waals surface area contributed by atoms with E-state index >= 15 is 0 Å². The Kier molecular flexibility index (Phi) is 5.47. The molecular formula is C21H30N4O4. The van der Waals surface area contributed by atoms with Crippen LogP contribution in [0.25, 0.3) is 11.0 Å². The molecular weight excluding hydrogens is 372 g/mol. The van der Waals surface area contributed by atoms with Gasteiger partial charge in [0.1, 0.15) is 17.5 Å². The van der Waals surface area contributed by atoms with Crippen molar-refractivity contribution in [2.75, 3.05) is 31.1 Å². The van der Waals surface area contributed by atoms with Gasteiger partial charge in [-0.25, -0.2) is 19.1 Å². The van der Waals surface area contributed by atoms with Crippen LogP contribution < -0.4 is 4.90 Å². The number of fused-ring (bicyclic) bond motifs is 1. The van der Waals surface area contributed by atoms with Crippen molar-refractivity contribution >= 4 is 28.9 Å². The molecule has 3 rings (SSSR count). The number of amides is 1. The quantitative estimate of drug-likeness (QED) is 0.721. The Morgan fingerprint density at radius 1 is 0.897 bits per heavy atom. The number of imidazole rings is 1. The largest absolute Gasteiger partial charge is 0.444 e. The third-order valence-electron chi connectivity index (χ3n) is 4.42. The minimum absolute atomic E-state index is 0.282. The lowest BCUT2D eigenvalue weighted by Gasteiger charge is -2.36. The Bertz CT molecular complexity index is 900. The van der Waals surface area contributed by atoms with Gasteiger partial charge in [0.05, 0.1) is 11.0 Å². The molecule has 0 atom stereocenters. The van der Waals surface area contributed by atoms with Crippen LogP contribution in [-0.4, -0.2) is 64.0 Å². The lowest BCUT2D eigenvalue weighted by molar-refractivity contribution is 0.0240. The van der Waals surface area contributed by atoms with E-state index in [-0.39, 0.29) is 6.09 Å². The number of ether oxygens (including phenoxy) is 2. The highest BCUT2D eigenvalue weighted by molar-refractivity contribution is 5.88. The van der Waals surface area contributed by atoms with E-state index in [0.29, 0.717) is 31.7 Å². The Balaban J connectivity index is 1.72. The Morgan fingerprint density at radius 2 is 1.48 bits per heavy atom. The lowest BCUT2D eigenvalue weighted by Crippen LogP contribution is -2.50. The highest BCUT2D eigenvalue weighted by atomic mass is 16.6. The zero-order chi connectivity index (χ0) is 21.4. The van der Waals surface area contributed by atoms with Crippen LogP contribution in [0.1, 0.15) is 41.5 Å². The minimum Gasteiger partial charge on any atom is -0.444 e. The third-order valence-corrected chi connectivity index (χ3v) is 4.42. The molecule has 8 nitrogen and oxygen atoms in total. The first-order valence-corrected chi connectivity index (χ1v) is 9.86. The molecule has 1 aliphatic rings. The number of hydrogen-bond donors (Lipinski definition) is 0. The highest BCUT2D eigenvalue weighted by Gasteiger charge is 2.26. The first-order chi connectivity index (χ1) is 13.4. The van der Waals surface area contributed by atoms with Crippen LogP contribution in [0.5, 0.6) is 0 Å². The molecule has 1 aromatic carbocycles. The molecule has 2 aromatic rings. The van der Waals surface area contributed by atoms with Gasteiger partial charge in [-0.2, -0.15) is 0 Å². The van der Waals surface area contributed by atoms with Gasteiger partial charge >= 0.3 is 12.2 Å². The predicted molar refractivity (Wildman–Crippen MR) is 111 cm³/mol. The van der Waals surface area contributed by atoms with Gasteiger partial charge in [-0.1, -0.05) is 0 Å². The number of carbonyl (C=O) groups excluding carboxylic acids is 2. The van der Waals surface area contributed by atoms with E-state index in [2.05, 4.69) is 9.88 Å². The maximum absolute atomic E-state index is 12.5. The van der Waals surface area contributed by atoms with Crippen LogP contribution >= 0.6 is 0 Å². The molecule has 0 unspecified atom stereocenters. The second-order valence-electron chi connectivity index (χ2n) is 9.22. The summed E-state index contributed by atoms with van der Waals surface area (Å²) in [7, 11) is 0. The molecule has 0 radical (unpaired) electrons. The molecule has 0 spiro atoms. The van der Waals surface area contributed by atoms with Crippen LogP contribution in [0, 0.1) is 0 Å². The molecule has 0 saturated carbocycles.